The van der Waals surface area contributed by atoms with Crippen molar-refractivity contribution in [2.24, 2.45) is 0 Å². The van der Waals surface area contributed by atoms with Crippen molar-refractivity contribution in [3.8, 4) is 0 Å². The second-order valence-corrected chi connectivity index (χ2v) is 5.55. The number of carboxylic acid groups (broad SMARTS) is 1. The number of hydrogen-bond acceptors (Lipinski definition) is 4. The largest absolute Gasteiger partial charge is 0.475 e. The smallest absolute Gasteiger partial charge is 0.374 e. The Labute approximate surface area is 123 Å². The normalized spacial score (nSPS) is 16.6. The summed E-state index contributed by atoms with van der Waals surface area (Å²) in [6.45, 7) is 0. The van der Waals surface area contributed by atoms with Gasteiger partial charge in [-0.15, -0.1) is 0 Å². The lowest BCUT2D eigenvalue weighted by molar-refractivity contribution is 0.0684. The number of hydrogen-bond donors (Lipinski definition) is 2. The van der Waals surface area contributed by atoms with Gasteiger partial charge in [0, 0.05) is 11.4 Å². The molecule has 1 aromatic carbocycles. The molecule has 5 heteroatoms. The third-order valence-corrected chi connectivity index (χ3v) is 3.99. The molecular formula is C16H19N3O2. The minimum absolute atomic E-state index is 0.148. The predicted octanol–water partition coefficient (Wildman–Crippen LogP) is 3.46. The van der Waals surface area contributed by atoms with Gasteiger partial charge in [0.15, 0.2) is 0 Å². The van der Waals surface area contributed by atoms with Crippen molar-refractivity contribution in [2.75, 3.05) is 5.32 Å². The van der Waals surface area contributed by atoms with Crippen LogP contribution in [0.1, 0.15) is 49.1 Å². The van der Waals surface area contributed by atoms with Crippen LogP contribution in [0, 0.1) is 0 Å². The molecule has 0 radical (unpaired) electrons. The van der Waals surface area contributed by atoms with Crippen LogP contribution in [0.5, 0.6) is 0 Å². The van der Waals surface area contributed by atoms with E-state index in [1.807, 2.05) is 24.3 Å². The number of anilines is 1. The summed E-state index contributed by atoms with van der Waals surface area (Å²) in [5.74, 6) is -0.598. The standard InChI is InChI=1S/C16H19N3O2/c20-16(21)15-18-13-10-6-5-9-12(13)14(19-15)17-11-7-3-1-2-4-8-11/h5-6,9-11H,1-4,7-8H2,(H,20,21)(H,17,18,19). The monoisotopic (exact) mass is 285 g/mol. The van der Waals surface area contributed by atoms with E-state index in [9.17, 15) is 4.79 Å². The van der Waals surface area contributed by atoms with Gasteiger partial charge in [-0.25, -0.2) is 14.8 Å². The average molecular weight is 285 g/mol. The summed E-state index contributed by atoms with van der Waals surface area (Å²) in [4.78, 5) is 19.5. The van der Waals surface area contributed by atoms with Crippen molar-refractivity contribution >= 4 is 22.7 Å². The molecule has 0 unspecified atom stereocenters. The zero-order chi connectivity index (χ0) is 14.7. The highest BCUT2D eigenvalue weighted by Gasteiger charge is 2.17. The predicted molar refractivity (Wildman–Crippen MR) is 81.6 cm³/mol. The van der Waals surface area contributed by atoms with Crippen molar-refractivity contribution in [3.05, 3.63) is 30.1 Å². The van der Waals surface area contributed by atoms with Crippen molar-refractivity contribution in [2.45, 2.75) is 44.6 Å². The molecule has 1 heterocycles. The molecule has 1 fully saturated rings. The first kappa shape index (κ1) is 13.8. The molecule has 0 spiro atoms. The second kappa shape index (κ2) is 6.08. The fraction of sp³-hybridized carbons (Fsp3) is 0.438. The number of rotatable bonds is 3. The van der Waals surface area contributed by atoms with Crippen LogP contribution < -0.4 is 5.32 Å². The van der Waals surface area contributed by atoms with Crippen LogP contribution in [0.4, 0.5) is 5.82 Å². The molecule has 0 saturated heterocycles. The highest BCUT2D eigenvalue weighted by atomic mass is 16.4. The first-order valence-corrected chi connectivity index (χ1v) is 7.50. The van der Waals surface area contributed by atoms with Crippen molar-refractivity contribution < 1.29 is 9.90 Å². The van der Waals surface area contributed by atoms with Gasteiger partial charge in [0.05, 0.1) is 5.52 Å². The first-order chi connectivity index (χ1) is 10.2. The van der Waals surface area contributed by atoms with Gasteiger partial charge in [0.25, 0.3) is 0 Å². The SMILES string of the molecule is O=C(O)c1nc(NC2CCCCCC2)c2ccccc2n1. The van der Waals surface area contributed by atoms with E-state index in [2.05, 4.69) is 15.3 Å². The number of nitrogens with one attached hydrogen (secondary N) is 1. The molecule has 1 aromatic heterocycles. The second-order valence-electron chi connectivity index (χ2n) is 5.55. The lowest BCUT2D eigenvalue weighted by Gasteiger charge is -2.18. The van der Waals surface area contributed by atoms with E-state index in [0.29, 0.717) is 17.4 Å². The zero-order valence-corrected chi connectivity index (χ0v) is 11.9. The Hall–Kier alpha value is -2.17. The molecule has 110 valence electrons. The van der Waals surface area contributed by atoms with Gasteiger partial charge in [-0.1, -0.05) is 37.8 Å². The molecule has 1 aliphatic carbocycles. The molecule has 3 rings (SSSR count). The van der Waals surface area contributed by atoms with Gasteiger partial charge >= 0.3 is 5.97 Å². The Morgan fingerprint density at radius 1 is 1.10 bits per heavy atom. The summed E-state index contributed by atoms with van der Waals surface area (Å²) in [7, 11) is 0. The lowest BCUT2D eigenvalue weighted by Crippen LogP contribution is -2.20. The number of carboxylic acids is 1. The van der Waals surface area contributed by atoms with Gasteiger partial charge in [0.2, 0.25) is 5.82 Å². The van der Waals surface area contributed by atoms with Gasteiger partial charge in [-0.2, -0.15) is 0 Å². The molecule has 2 N–H and O–H groups in total. The fourth-order valence-corrected chi connectivity index (χ4v) is 2.90. The van der Waals surface area contributed by atoms with E-state index in [4.69, 9.17) is 5.11 Å². The van der Waals surface area contributed by atoms with E-state index in [-0.39, 0.29) is 5.82 Å². The third kappa shape index (κ3) is 3.12. The highest BCUT2D eigenvalue weighted by molar-refractivity contribution is 5.93. The maximum absolute atomic E-state index is 11.2. The van der Waals surface area contributed by atoms with E-state index in [0.717, 1.165) is 18.2 Å². The van der Waals surface area contributed by atoms with Crippen molar-refractivity contribution in [1.29, 1.82) is 0 Å². The molecule has 0 aliphatic heterocycles. The molecule has 0 bridgehead atoms. The maximum atomic E-state index is 11.2. The number of aromatic nitrogens is 2. The molecule has 2 aromatic rings. The average Bonchev–Trinajstić information content (AvgIpc) is 2.75. The van der Waals surface area contributed by atoms with Crippen LogP contribution in [-0.2, 0) is 0 Å². The summed E-state index contributed by atoms with van der Waals surface area (Å²) in [6, 6.07) is 7.90. The van der Waals surface area contributed by atoms with Crippen LogP contribution in [-0.4, -0.2) is 27.1 Å². The molecule has 0 atom stereocenters. The summed E-state index contributed by atoms with van der Waals surface area (Å²) >= 11 is 0. The summed E-state index contributed by atoms with van der Waals surface area (Å²) in [5.41, 5.74) is 0.668. The molecular weight excluding hydrogens is 266 g/mol. The Balaban J connectivity index is 1.97. The van der Waals surface area contributed by atoms with E-state index in [1.54, 1.807) is 0 Å². The van der Waals surface area contributed by atoms with Gasteiger partial charge in [-0.3, -0.25) is 0 Å². The topological polar surface area (TPSA) is 75.1 Å². The van der Waals surface area contributed by atoms with Crippen LogP contribution in [0.15, 0.2) is 24.3 Å². The van der Waals surface area contributed by atoms with Gasteiger partial charge < -0.3 is 10.4 Å². The summed E-state index contributed by atoms with van der Waals surface area (Å²) in [5, 5.41) is 13.5. The van der Waals surface area contributed by atoms with Crippen LogP contribution in [0.2, 0.25) is 0 Å². The zero-order valence-electron chi connectivity index (χ0n) is 11.9. The molecule has 5 nitrogen and oxygen atoms in total. The number of nitrogens with zero attached hydrogens (tertiary/aromatic N) is 2. The Kier molecular flexibility index (Phi) is 3.99. The molecule has 1 saturated carbocycles. The maximum Gasteiger partial charge on any atom is 0.374 e. The van der Waals surface area contributed by atoms with E-state index >= 15 is 0 Å². The lowest BCUT2D eigenvalue weighted by atomic mass is 10.1. The van der Waals surface area contributed by atoms with Crippen molar-refractivity contribution in [1.82, 2.24) is 9.97 Å². The number of benzene rings is 1. The van der Waals surface area contributed by atoms with E-state index in [1.165, 1.54) is 25.7 Å². The Bertz CT molecular complexity index is 649. The highest BCUT2D eigenvalue weighted by Crippen LogP contribution is 2.25. The third-order valence-electron chi connectivity index (χ3n) is 3.99. The quantitative estimate of drug-likeness (QED) is 0.845. The molecule has 1 aliphatic rings. The Morgan fingerprint density at radius 2 is 1.81 bits per heavy atom. The number of aromatic carboxylic acids is 1. The van der Waals surface area contributed by atoms with Crippen molar-refractivity contribution in [3.63, 3.8) is 0 Å². The molecule has 0 amide bonds. The number of para-hydroxylation sites is 1. The van der Waals surface area contributed by atoms with Crippen LogP contribution in [0.25, 0.3) is 10.9 Å². The minimum atomic E-state index is -1.09. The minimum Gasteiger partial charge on any atom is -0.475 e. The van der Waals surface area contributed by atoms with E-state index < -0.39 is 5.97 Å². The Morgan fingerprint density at radius 3 is 2.52 bits per heavy atom. The number of carbonyl (C=O) groups is 1. The number of fused-ring (bicyclic) bond motifs is 1. The molecule has 21 heavy (non-hydrogen) atoms. The first-order valence-electron chi connectivity index (χ1n) is 7.50. The van der Waals surface area contributed by atoms with Crippen LogP contribution >= 0.6 is 0 Å². The van der Waals surface area contributed by atoms with Gasteiger partial charge in [0.1, 0.15) is 5.82 Å². The summed E-state index contributed by atoms with van der Waals surface area (Å²) in [6.07, 6.45) is 7.21. The summed E-state index contributed by atoms with van der Waals surface area (Å²) < 4.78 is 0. The van der Waals surface area contributed by atoms with Crippen LogP contribution in [0.3, 0.4) is 0 Å². The fourth-order valence-electron chi connectivity index (χ4n) is 2.90. The van der Waals surface area contributed by atoms with Gasteiger partial charge in [-0.05, 0) is 25.0 Å².